The molecule has 0 aromatic rings. The number of aliphatic carboxylic acids is 3. The van der Waals surface area contributed by atoms with E-state index < -0.39 is 17.9 Å². The number of carbonyl (C=O) groups is 3. The number of hydrogen-bond acceptors (Lipinski definition) is 6. The van der Waals surface area contributed by atoms with Gasteiger partial charge in [-0.15, -0.1) is 0 Å². The molecule has 7 nitrogen and oxygen atoms in total. The summed E-state index contributed by atoms with van der Waals surface area (Å²) in [6.07, 6.45) is 0. The molecule has 0 radical (unpaired) electrons. The molecular formula is C6H13FeNO6. The van der Waals surface area contributed by atoms with Gasteiger partial charge in [0.25, 0.3) is 0 Å². The molecule has 0 spiro atoms. The maximum atomic E-state index is 8.89. The van der Waals surface area contributed by atoms with Gasteiger partial charge in [0, 0.05) is 17.9 Å². The molecule has 0 atom stereocenters. The van der Waals surface area contributed by atoms with Crippen molar-refractivity contribution in [1.82, 2.24) is 6.15 Å². The minimum atomic E-state index is -1.08. The molecule has 86 valence electrons. The van der Waals surface area contributed by atoms with Crippen LogP contribution in [0.5, 0.6) is 0 Å². The second-order valence-electron chi connectivity index (χ2n) is 1.47. The number of rotatable bonds is 0. The molecule has 14 heavy (non-hydrogen) atoms. The molecule has 4 N–H and O–H groups in total. The monoisotopic (exact) mass is 251 g/mol. The normalized spacial score (nSPS) is 5.36. The maximum absolute atomic E-state index is 8.89. The van der Waals surface area contributed by atoms with Crippen molar-refractivity contribution in [3.63, 3.8) is 0 Å². The number of carboxylic acid groups (broad SMARTS) is 3. The van der Waals surface area contributed by atoms with E-state index in [1.54, 1.807) is 0 Å². The third kappa shape index (κ3) is 864. The zero-order chi connectivity index (χ0) is 10.7. The summed E-state index contributed by atoms with van der Waals surface area (Å²) in [4.78, 5) is 26.7. The second kappa shape index (κ2) is 22.7. The Balaban J connectivity index is -0.0000000270. The van der Waals surface area contributed by atoms with Crippen molar-refractivity contribution >= 4 is 17.9 Å². The van der Waals surface area contributed by atoms with Gasteiger partial charge in [-0.05, 0) is 20.8 Å². The molecule has 0 saturated heterocycles. The molecule has 0 aliphatic rings. The molecule has 8 heteroatoms. The van der Waals surface area contributed by atoms with E-state index >= 15 is 0 Å². The van der Waals surface area contributed by atoms with Crippen molar-refractivity contribution in [3.05, 3.63) is 0 Å². The van der Waals surface area contributed by atoms with E-state index in [0.29, 0.717) is 0 Å². The Kier molecular flexibility index (Phi) is 47.4. The van der Waals surface area contributed by atoms with Crippen molar-refractivity contribution in [1.29, 1.82) is 0 Å². The number of carbonyl (C=O) groups excluding carboxylic acids is 3. The van der Waals surface area contributed by atoms with E-state index in [2.05, 4.69) is 0 Å². The number of hydrogen-bond donors (Lipinski definition) is 1. The van der Waals surface area contributed by atoms with Crippen molar-refractivity contribution in [2.24, 2.45) is 0 Å². The summed E-state index contributed by atoms with van der Waals surface area (Å²) in [6, 6.07) is 0. The molecule has 0 saturated carbocycles. The van der Waals surface area contributed by atoms with Gasteiger partial charge in [0.2, 0.25) is 0 Å². The van der Waals surface area contributed by atoms with Gasteiger partial charge in [-0.1, -0.05) is 0 Å². The predicted octanol–water partition coefficient (Wildman–Crippen LogP) is -3.36. The first-order valence-corrected chi connectivity index (χ1v) is 2.72. The van der Waals surface area contributed by atoms with Crippen LogP contribution in [0.25, 0.3) is 0 Å². The Morgan fingerprint density at radius 1 is 0.714 bits per heavy atom. The minimum absolute atomic E-state index is 0. The molecule has 0 amide bonds. The molecule has 0 aliphatic carbocycles. The Morgan fingerprint density at radius 3 is 0.714 bits per heavy atom. The number of quaternary nitrogens is 1. The zero-order valence-electron chi connectivity index (χ0n) is 8.30. The Bertz CT molecular complexity index is 120. The van der Waals surface area contributed by atoms with Crippen molar-refractivity contribution in [2.75, 3.05) is 0 Å². The van der Waals surface area contributed by atoms with Gasteiger partial charge < -0.3 is 35.9 Å². The van der Waals surface area contributed by atoms with E-state index in [9.17, 15) is 0 Å². The fourth-order valence-corrected chi connectivity index (χ4v) is 0. The van der Waals surface area contributed by atoms with Gasteiger partial charge in [-0.2, -0.15) is 0 Å². The molecule has 0 aliphatic heterocycles. The second-order valence-corrected chi connectivity index (χ2v) is 1.47. The van der Waals surface area contributed by atoms with Crippen molar-refractivity contribution < 1.29 is 46.8 Å². The van der Waals surface area contributed by atoms with Crippen LogP contribution in [0.15, 0.2) is 0 Å². The summed E-state index contributed by atoms with van der Waals surface area (Å²) in [5.41, 5.74) is 0. The Hall–Kier alpha value is -1.11. The maximum Gasteiger partial charge on any atom is 2.00 e. The molecule has 0 unspecified atom stereocenters. The van der Waals surface area contributed by atoms with Gasteiger partial charge in [-0.25, -0.2) is 0 Å². The quantitative estimate of drug-likeness (QED) is 0.443. The van der Waals surface area contributed by atoms with Crippen LogP contribution in [-0.2, 0) is 31.5 Å². The Labute approximate surface area is 92.2 Å². The zero-order valence-corrected chi connectivity index (χ0v) is 9.41. The first kappa shape index (κ1) is 29.3. The summed E-state index contributed by atoms with van der Waals surface area (Å²) < 4.78 is 0. The van der Waals surface area contributed by atoms with Gasteiger partial charge >= 0.3 is 17.1 Å². The standard InChI is InChI=1S/3C2H4O2.Fe.H3N/c3*1-2(3)4;;/h3*1H3,(H,3,4);;1H3/q;;;+2;/p-2. The molecule has 0 aromatic heterocycles. The number of carboxylic acids is 3. The van der Waals surface area contributed by atoms with E-state index in [1.807, 2.05) is 0 Å². The van der Waals surface area contributed by atoms with Crippen molar-refractivity contribution in [2.45, 2.75) is 20.8 Å². The van der Waals surface area contributed by atoms with Crippen LogP contribution in [0.1, 0.15) is 20.8 Å². The van der Waals surface area contributed by atoms with Crippen LogP contribution >= 0.6 is 0 Å². The van der Waals surface area contributed by atoms with Gasteiger partial charge in [0.15, 0.2) is 0 Å². The fraction of sp³-hybridized carbons (Fsp3) is 0.500. The average Bonchev–Trinajstić information content (AvgIpc) is 1.54. The van der Waals surface area contributed by atoms with E-state index in [0.717, 1.165) is 20.8 Å². The first-order chi connectivity index (χ1) is 5.20. The first-order valence-electron chi connectivity index (χ1n) is 2.72. The topological polar surface area (TPSA) is 157 Å². The molecule has 0 fully saturated rings. The van der Waals surface area contributed by atoms with Crippen molar-refractivity contribution in [3.8, 4) is 0 Å². The average molecular weight is 251 g/mol. The molecule has 0 bridgehead atoms. The Morgan fingerprint density at radius 2 is 0.714 bits per heavy atom. The van der Waals surface area contributed by atoms with E-state index in [4.69, 9.17) is 29.7 Å². The van der Waals surface area contributed by atoms with Crippen LogP contribution in [0.3, 0.4) is 0 Å². The van der Waals surface area contributed by atoms with Crippen LogP contribution in [0, 0.1) is 0 Å². The summed E-state index contributed by atoms with van der Waals surface area (Å²) in [7, 11) is 0. The fourth-order valence-electron chi connectivity index (χ4n) is 0. The van der Waals surface area contributed by atoms with E-state index in [1.165, 1.54) is 0 Å². The predicted molar refractivity (Wildman–Crippen MR) is 38.0 cm³/mol. The molecule has 0 rings (SSSR count). The molecular weight excluding hydrogens is 238 g/mol. The smallest absolute Gasteiger partial charge is 0.550 e. The van der Waals surface area contributed by atoms with Crippen LogP contribution in [0.2, 0.25) is 0 Å². The summed E-state index contributed by atoms with van der Waals surface area (Å²) in [5, 5.41) is 26.7. The van der Waals surface area contributed by atoms with Crippen LogP contribution < -0.4 is 21.5 Å². The SMILES string of the molecule is CC(=O)[O-].CC(=O)[O-].CC(=O)[O-].[Fe+2].[NH4+]. The van der Waals surface area contributed by atoms with Gasteiger partial charge in [0.05, 0.1) is 0 Å². The summed E-state index contributed by atoms with van der Waals surface area (Å²) >= 11 is 0. The van der Waals surface area contributed by atoms with Crippen LogP contribution in [0.4, 0.5) is 0 Å². The summed E-state index contributed by atoms with van der Waals surface area (Å²) in [6.45, 7) is 2.92. The minimum Gasteiger partial charge on any atom is -0.550 e. The van der Waals surface area contributed by atoms with Gasteiger partial charge in [0.1, 0.15) is 0 Å². The third-order valence-corrected chi connectivity index (χ3v) is 0. The summed E-state index contributed by atoms with van der Waals surface area (Å²) in [5.74, 6) is -3.25. The molecule has 0 heterocycles. The largest absolute Gasteiger partial charge is 2.00 e. The van der Waals surface area contributed by atoms with E-state index in [-0.39, 0.29) is 23.2 Å². The third-order valence-electron chi connectivity index (χ3n) is 0. The van der Waals surface area contributed by atoms with Gasteiger partial charge in [-0.3, -0.25) is 0 Å². The van der Waals surface area contributed by atoms with Crippen LogP contribution in [-0.4, -0.2) is 17.9 Å². The molecule has 0 aromatic carbocycles.